The zero-order valence-corrected chi connectivity index (χ0v) is 20.7. The second-order valence-corrected chi connectivity index (χ2v) is 8.69. The zero-order valence-electron chi connectivity index (χ0n) is 17.5. The Labute approximate surface area is 196 Å². The number of esters is 1. The lowest BCUT2D eigenvalue weighted by Gasteiger charge is -2.14. The molecule has 162 valence electrons. The molecule has 0 radical (unpaired) electrons. The minimum atomic E-state index is -0.454. The molecule has 0 amide bonds. The van der Waals surface area contributed by atoms with E-state index in [2.05, 4.69) is 37.0 Å². The van der Waals surface area contributed by atoms with Crippen molar-refractivity contribution in [2.75, 3.05) is 7.11 Å². The molecule has 1 aromatic heterocycles. The normalized spacial score (nSPS) is 12.3. The molecule has 1 heterocycles. The van der Waals surface area contributed by atoms with E-state index in [1.807, 2.05) is 26.0 Å². The Morgan fingerprint density at radius 1 is 1.26 bits per heavy atom. The molecule has 0 saturated heterocycles. The summed E-state index contributed by atoms with van der Waals surface area (Å²) < 4.78 is 13.2. The lowest BCUT2D eigenvalue weighted by Crippen LogP contribution is -2.23. The minimum absolute atomic E-state index is 0.0298. The highest BCUT2D eigenvalue weighted by atomic mass is 79.9. The van der Waals surface area contributed by atoms with E-state index in [9.17, 15) is 9.59 Å². The summed E-state index contributed by atoms with van der Waals surface area (Å²) in [4.78, 5) is 29.2. The highest BCUT2D eigenvalue weighted by molar-refractivity contribution is 9.10. The van der Waals surface area contributed by atoms with E-state index in [1.54, 1.807) is 24.4 Å². The van der Waals surface area contributed by atoms with Crippen molar-refractivity contribution >= 4 is 54.9 Å². The van der Waals surface area contributed by atoms with Crippen LogP contribution in [0.3, 0.4) is 0 Å². The third kappa shape index (κ3) is 5.04. The van der Waals surface area contributed by atoms with Gasteiger partial charge in [-0.05, 0) is 52.7 Å². The Kier molecular flexibility index (Phi) is 7.27. The van der Waals surface area contributed by atoms with Gasteiger partial charge in [0.1, 0.15) is 5.82 Å². The van der Waals surface area contributed by atoms with Gasteiger partial charge >= 0.3 is 5.97 Å². The van der Waals surface area contributed by atoms with E-state index in [4.69, 9.17) is 14.5 Å². The molecule has 0 aliphatic rings. The summed E-state index contributed by atoms with van der Waals surface area (Å²) in [6, 6.07) is 8.71. The van der Waals surface area contributed by atoms with Crippen molar-refractivity contribution in [2.45, 2.75) is 33.1 Å². The average Bonchev–Trinajstić information content (AvgIpc) is 2.73. The van der Waals surface area contributed by atoms with Crippen LogP contribution in [0.1, 0.15) is 44.5 Å². The lowest BCUT2D eigenvalue weighted by atomic mass is 10.1. The van der Waals surface area contributed by atoms with Gasteiger partial charge in [-0.15, -0.1) is 0 Å². The first-order valence-electron chi connectivity index (χ1n) is 9.57. The molecule has 0 unspecified atom stereocenters. The molecule has 0 aliphatic carbocycles. The SMILES string of the molecule is CC[C@H](C)c1nc2ccc(Br)cc2c(=O)n1N=Cc1cc(OC)c(OC(C)=O)cc1Br. The maximum absolute atomic E-state index is 13.2. The van der Waals surface area contributed by atoms with Gasteiger partial charge in [-0.3, -0.25) is 9.59 Å². The van der Waals surface area contributed by atoms with Crippen molar-refractivity contribution in [2.24, 2.45) is 5.10 Å². The summed E-state index contributed by atoms with van der Waals surface area (Å²) >= 11 is 6.86. The number of methoxy groups -OCH3 is 1. The van der Waals surface area contributed by atoms with Crippen LogP contribution in [0.2, 0.25) is 0 Å². The van der Waals surface area contributed by atoms with Crippen LogP contribution in [-0.4, -0.2) is 29.0 Å². The average molecular weight is 551 g/mol. The van der Waals surface area contributed by atoms with E-state index < -0.39 is 5.97 Å². The fourth-order valence-electron chi connectivity index (χ4n) is 2.94. The van der Waals surface area contributed by atoms with Gasteiger partial charge in [-0.1, -0.05) is 29.8 Å². The summed E-state index contributed by atoms with van der Waals surface area (Å²) in [6.45, 7) is 5.35. The second kappa shape index (κ2) is 9.74. The molecular formula is C22H21Br2N3O4. The zero-order chi connectivity index (χ0) is 22.7. The smallest absolute Gasteiger partial charge is 0.308 e. The fourth-order valence-corrected chi connectivity index (χ4v) is 3.73. The Balaban J connectivity index is 2.15. The molecule has 1 atom stereocenters. The highest BCUT2D eigenvalue weighted by Gasteiger charge is 2.16. The predicted octanol–water partition coefficient (Wildman–Crippen LogP) is 5.25. The molecule has 0 fully saturated rings. The van der Waals surface area contributed by atoms with E-state index in [0.717, 1.165) is 10.9 Å². The highest BCUT2D eigenvalue weighted by Crippen LogP contribution is 2.33. The maximum atomic E-state index is 13.2. The van der Waals surface area contributed by atoms with Gasteiger partial charge in [0.25, 0.3) is 5.56 Å². The second-order valence-electron chi connectivity index (χ2n) is 6.92. The maximum Gasteiger partial charge on any atom is 0.308 e. The Hall–Kier alpha value is -2.52. The molecule has 2 aromatic carbocycles. The number of carbonyl (C=O) groups is 1. The molecule has 3 aromatic rings. The van der Waals surface area contributed by atoms with Gasteiger partial charge in [0.15, 0.2) is 11.5 Å². The van der Waals surface area contributed by atoms with E-state index >= 15 is 0 Å². The van der Waals surface area contributed by atoms with Crippen LogP contribution in [0.25, 0.3) is 10.9 Å². The number of rotatable bonds is 6. The molecule has 0 aliphatic heterocycles. The number of halogens is 2. The first-order valence-corrected chi connectivity index (χ1v) is 11.2. The lowest BCUT2D eigenvalue weighted by molar-refractivity contribution is -0.132. The standard InChI is InChI=1S/C22H21Br2N3O4/c1-5-12(2)21-26-18-7-6-15(23)9-16(18)22(29)27(21)25-11-14-8-19(30-4)20(10-17(14)24)31-13(3)28/h6-12H,5H2,1-4H3/t12-/m0/s1. The molecule has 0 bridgehead atoms. The molecule has 9 heteroatoms. The van der Waals surface area contributed by atoms with Gasteiger partial charge in [0, 0.05) is 27.4 Å². The monoisotopic (exact) mass is 549 g/mol. The topological polar surface area (TPSA) is 82.8 Å². The quantitative estimate of drug-likeness (QED) is 0.238. The van der Waals surface area contributed by atoms with Gasteiger partial charge in [-0.2, -0.15) is 9.78 Å². The van der Waals surface area contributed by atoms with Gasteiger partial charge in [0.05, 0.1) is 24.2 Å². The largest absolute Gasteiger partial charge is 0.493 e. The molecule has 31 heavy (non-hydrogen) atoms. The summed E-state index contributed by atoms with van der Waals surface area (Å²) in [6.07, 6.45) is 2.35. The number of fused-ring (bicyclic) bond motifs is 1. The van der Waals surface area contributed by atoms with Crippen LogP contribution in [0.5, 0.6) is 11.5 Å². The summed E-state index contributed by atoms with van der Waals surface area (Å²) in [5.41, 5.74) is 1.02. The number of carbonyl (C=O) groups excluding carboxylic acids is 1. The van der Waals surface area contributed by atoms with Gasteiger partial charge < -0.3 is 9.47 Å². The number of hydrogen-bond donors (Lipinski definition) is 0. The fraction of sp³-hybridized carbons (Fsp3) is 0.273. The molecule has 0 saturated carbocycles. The number of benzene rings is 2. The number of hydrogen-bond acceptors (Lipinski definition) is 6. The van der Waals surface area contributed by atoms with Crippen molar-refractivity contribution < 1.29 is 14.3 Å². The van der Waals surface area contributed by atoms with Crippen molar-refractivity contribution in [3.8, 4) is 11.5 Å². The van der Waals surface area contributed by atoms with Crippen molar-refractivity contribution in [1.29, 1.82) is 0 Å². The van der Waals surface area contributed by atoms with Crippen molar-refractivity contribution in [1.82, 2.24) is 9.66 Å². The molecule has 3 rings (SSSR count). The summed E-state index contributed by atoms with van der Waals surface area (Å²) in [5, 5.41) is 4.93. The first-order chi connectivity index (χ1) is 14.7. The van der Waals surface area contributed by atoms with Crippen molar-refractivity contribution in [3.63, 3.8) is 0 Å². The first kappa shape index (κ1) is 23.1. The minimum Gasteiger partial charge on any atom is -0.493 e. The molecule has 7 nitrogen and oxygen atoms in total. The number of nitrogens with zero attached hydrogens (tertiary/aromatic N) is 3. The van der Waals surface area contributed by atoms with Crippen LogP contribution in [0.15, 0.2) is 49.2 Å². The molecular weight excluding hydrogens is 530 g/mol. The van der Waals surface area contributed by atoms with Gasteiger partial charge in [-0.25, -0.2) is 4.98 Å². The Bertz CT molecular complexity index is 1240. The predicted molar refractivity (Wildman–Crippen MR) is 127 cm³/mol. The Morgan fingerprint density at radius 3 is 2.65 bits per heavy atom. The van der Waals surface area contributed by atoms with Gasteiger partial charge in [0.2, 0.25) is 0 Å². The molecule has 0 N–H and O–H groups in total. The third-order valence-corrected chi connectivity index (χ3v) is 5.92. The van der Waals surface area contributed by atoms with Crippen LogP contribution >= 0.6 is 31.9 Å². The van der Waals surface area contributed by atoms with Crippen LogP contribution in [0, 0.1) is 0 Å². The Morgan fingerprint density at radius 2 is 2.00 bits per heavy atom. The van der Waals surface area contributed by atoms with Crippen LogP contribution in [0.4, 0.5) is 0 Å². The van der Waals surface area contributed by atoms with E-state index in [-0.39, 0.29) is 17.2 Å². The summed E-state index contributed by atoms with van der Waals surface area (Å²) in [7, 11) is 1.48. The van der Waals surface area contributed by atoms with Crippen LogP contribution in [-0.2, 0) is 4.79 Å². The van der Waals surface area contributed by atoms with Crippen molar-refractivity contribution in [3.05, 3.63) is 61.0 Å². The third-order valence-electron chi connectivity index (χ3n) is 4.74. The number of ether oxygens (including phenoxy) is 2. The number of aromatic nitrogens is 2. The summed E-state index contributed by atoms with van der Waals surface area (Å²) in [5.74, 6) is 0.814. The van der Waals surface area contributed by atoms with Crippen LogP contribution < -0.4 is 15.0 Å². The van der Waals surface area contributed by atoms with E-state index in [1.165, 1.54) is 18.7 Å². The molecule has 0 spiro atoms. The van der Waals surface area contributed by atoms with E-state index in [0.29, 0.717) is 32.5 Å².